The molecule has 2 aliphatic rings. The fourth-order valence-corrected chi connectivity index (χ4v) is 5.24. The largest absolute Gasteiger partial charge is 0.390 e. The molecule has 0 saturated carbocycles. The van der Waals surface area contributed by atoms with E-state index in [2.05, 4.69) is 24.0 Å². The molecule has 2 heterocycles. The predicted molar refractivity (Wildman–Crippen MR) is 122 cm³/mol. The number of urea groups is 1. The molecule has 0 unspecified atom stereocenters. The van der Waals surface area contributed by atoms with E-state index in [1.807, 2.05) is 44.2 Å². The first-order valence-electron chi connectivity index (χ1n) is 11.1. The lowest BCUT2D eigenvalue weighted by atomic mass is 9.85. The van der Waals surface area contributed by atoms with Crippen molar-refractivity contribution in [3.8, 4) is 0 Å². The van der Waals surface area contributed by atoms with Crippen LogP contribution in [-0.2, 0) is 11.3 Å². The maximum Gasteiger partial charge on any atom is 0.327 e. The lowest BCUT2D eigenvalue weighted by Crippen LogP contribution is -2.57. The van der Waals surface area contributed by atoms with Gasteiger partial charge in [0, 0.05) is 26.2 Å². The molecule has 1 spiro atoms. The monoisotopic (exact) mass is 423 g/mol. The van der Waals surface area contributed by atoms with E-state index in [0.29, 0.717) is 25.8 Å². The summed E-state index contributed by atoms with van der Waals surface area (Å²) in [4.78, 5) is 31.9. The van der Waals surface area contributed by atoms with Crippen molar-refractivity contribution in [3.05, 3.63) is 48.0 Å². The molecule has 2 aromatic rings. The molecule has 1 atom stereocenters. The molecule has 0 bridgehead atoms. The van der Waals surface area contributed by atoms with Gasteiger partial charge in [0.2, 0.25) is 0 Å². The van der Waals surface area contributed by atoms with Gasteiger partial charge in [0.05, 0.1) is 12.1 Å². The minimum atomic E-state index is -0.751. The highest BCUT2D eigenvalue weighted by molar-refractivity contribution is 6.07. The number of imide groups is 1. The summed E-state index contributed by atoms with van der Waals surface area (Å²) in [7, 11) is 1.76. The van der Waals surface area contributed by atoms with Crippen molar-refractivity contribution in [1.82, 2.24) is 14.7 Å². The second-order valence-corrected chi connectivity index (χ2v) is 9.85. The van der Waals surface area contributed by atoms with E-state index >= 15 is 0 Å². The molecule has 2 fully saturated rings. The quantitative estimate of drug-likeness (QED) is 0.746. The van der Waals surface area contributed by atoms with Gasteiger partial charge in [-0.2, -0.15) is 0 Å². The fourth-order valence-electron chi connectivity index (χ4n) is 5.24. The van der Waals surface area contributed by atoms with E-state index in [9.17, 15) is 14.7 Å². The smallest absolute Gasteiger partial charge is 0.327 e. The van der Waals surface area contributed by atoms with Crippen molar-refractivity contribution in [3.63, 3.8) is 0 Å². The first kappa shape index (κ1) is 21.8. The highest BCUT2D eigenvalue weighted by Gasteiger charge is 2.56. The zero-order valence-corrected chi connectivity index (χ0v) is 19.0. The van der Waals surface area contributed by atoms with Gasteiger partial charge in [0.25, 0.3) is 5.91 Å². The van der Waals surface area contributed by atoms with Gasteiger partial charge in [-0.25, -0.2) is 4.79 Å². The van der Waals surface area contributed by atoms with Crippen LogP contribution in [0.1, 0.15) is 45.6 Å². The standard InChI is InChI=1S/C25H33N3O3/c1-18(16-24(2,3)31)27-13-11-25(12-14-27)22(29)28(23(30)26(25)4)17-19-9-10-20-7-5-6-8-21(20)15-19/h5-10,15,18,31H,11-14,16-17H2,1-4H3/t18-/m1/s1. The van der Waals surface area contributed by atoms with E-state index < -0.39 is 11.1 Å². The van der Waals surface area contributed by atoms with Crippen LogP contribution in [0.15, 0.2) is 42.5 Å². The molecule has 0 aliphatic carbocycles. The van der Waals surface area contributed by atoms with E-state index in [0.717, 1.165) is 29.4 Å². The maximum atomic E-state index is 13.5. The molecule has 6 nitrogen and oxygen atoms in total. The molecule has 1 N–H and O–H groups in total. The van der Waals surface area contributed by atoms with Gasteiger partial charge >= 0.3 is 6.03 Å². The number of piperidine rings is 1. The van der Waals surface area contributed by atoms with Crippen LogP contribution in [0.4, 0.5) is 4.79 Å². The molecule has 166 valence electrons. The summed E-state index contributed by atoms with van der Waals surface area (Å²) in [5.41, 5.74) is -0.512. The van der Waals surface area contributed by atoms with Crippen molar-refractivity contribution in [2.45, 2.75) is 63.8 Å². The molecule has 3 amide bonds. The van der Waals surface area contributed by atoms with Gasteiger partial charge in [-0.05, 0) is 62.4 Å². The molecule has 6 heteroatoms. The van der Waals surface area contributed by atoms with Crippen LogP contribution in [0.2, 0.25) is 0 Å². The van der Waals surface area contributed by atoms with Gasteiger partial charge in [-0.15, -0.1) is 0 Å². The van der Waals surface area contributed by atoms with Crippen LogP contribution in [0.3, 0.4) is 0 Å². The number of nitrogens with zero attached hydrogens (tertiary/aromatic N) is 3. The summed E-state index contributed by atoms with van der Waals surface area (Å²) >= 11 is 0. The Balaban J connectivity index is 1.48. The number of benzene rings is 2. The molecular formula is C25H33N3O3. The van der Waals surface area contributed by atoms with Crippen molar-refractivity contribution in [2.75, 3.05) is 20.1 Å². The van der Waals surface area contributed by atoms with E-state index in [1.54, 1.807) is 11.9 Å². The summed E-state index contributed by atoms with van der Waals surface area (Å²) in [6.45, 7) is 7.55. The predicted octanol–water partition coefficient (Wildman–Crippen LogP) is 3.62. The molecule has 2 saturated heterocycles. The van der Waals surface area contributed by atoms with Crippen molar-refractivity contribution in [2.24, 2.45) is 0 Å². The zero-order chi connectivity index (χ0) is 22.4. The number of aliphatic hydroxyl groups is 1. The average Bonchev–Trinajstić information content (AvgIpc) is 2.89. The van der Waals surface area contributed by atoms with Crippen LogP contribution in [0, 0.1) is 0 Å². The Morgan fingerprint density at radius 1 is 1.06 bits per heavy atom. The third-order valence-corrected chi connectivity index (χ3v) is 7.00. The molecule has 2 aromatic carbocycles. The minimum absolute atomic E-state index is 0.0806. The lowest BCUT2D eigenvalue weighted by molar-refractivity contribution is -0.136. The Morgan fingerprint density at radius 3 is 2.35 bits per heavy atom. The summed E-state index contributed by atoms with van der Waals surface area (Å²) < 4.78 is 0. The van der Waals surface area contributed by atoms with Crippen LogP contribution >= 0.6 is 0 Å². The van der Waals surface area contributed by atoms with Crippen molar-refractivity contribution < 1.29 is 14.7 Å². The first-order chi connectivity index (χ1) is 14.6. The van der Waals surface area contributed by atoms with Crippen molar-refractivity contribution in [1.29, 1.82) is 0 Å². The third-order valence-electron chi connectivity index (χ3n) is 7.00. The van der Waals surface area contributed by atoms with Crippen molar-refractivity contribution >= 4 is 22.7 Å². The SMILES string of the molecule is C[C@H](CC(C)(C)O)N1CCC2(CC1)C(=O)N(Cc1ccc3ccccc3c1)C(=O)N2C. The summed E-state index contributed by atoms with van der Waals surface area (Å²) in [6, 6.07) is 14.2. The van der Waals surface area contributed by atoms with E-state index in [-0.39, 0.29) is 18.0 Å². The number of amides is 3. The second kappa shape index (κ2) is 7.92. The highest BCUT2D eigenvalue weighted by atomic mass is 16.3. The maximum absolute atomic E-state index is 13.5. The van der Waals surface area contributed by atoms with Gasteiger partial charge in [0.1, 0.15) is 5.54 Å². The van der Waals surface area contributed by atoms with Crippen LogP contribution in [0.5, 0.6) is 0 Å². The number of rotatable bonds is 5. The summed E-state index contributed by atoms with van der Waals surface area (Å²) in [5.74, 6) is -0.0806. The van der Waals surface area contributed by atoms with Gasteiger partial charge in [0.15, 0.2) is 0 Å². The Kier molecular flexibility index (Phi) is 5.56. The van der Waals surface area contributed by atoms with Gasteiger partial charge < -0.3 is 14.9 Å². The number of hydrogen-bond donors (Lipinski definition) is 1. The van der Waals surface area contributed by atoms with Gasteiger partial charge in [-0.3, -0.25) is 9.69 Å². The van der Waals surface area contributed by atoms with E-state index in [4.69, 9.17) is 0 Å². The highest BCUT2D eigenvalue weighted by Crippen LogP contribution is 2.38. The normalized spacial score (nSPS) is 20.8. The molecule has 31 heavy (non-hydrogen) atoms. The Bertz CT molecular complexity index is 989. The summed E-state index contributed by atoms with van der Waals surface area (Å²) in [6.07, 6.45) is 1.92. The number of likely N-dealkylation sites (N-methyl/N-ethyl adjacent to an activating group) is 1. The second-order valence-electron chi connectivity index (χ2n) is 9.85. The Morgan fingerprint density at radius 2 is 1.71 bits per heavy atom. The Hall–Kier alpha value is -2.44. The van der Waals surface area contributed by atoms with Crippen LogP contribution in [-0.4, -0.2) is 69.1 Å². The van der Waals surface area contributed by atoms with E-state index in [1.165, 1.54) is 4.90 Å². The van der Waals surface area contributed by atoms with Gasteiger partial charge in [-0.1, -0.05) is 36.4 Å². The molecule has 4 rings (SSSR count). The molecule has 0 radical (unpaired) electrons. The first-order valence-corrected chi connectivity index (χ1v) is 11.1. The van der Waals surface area contributed by atoms with Crippen LogP contribution < -0.4 is 0 Å². The minimum Gasteiger partial charge on any atom is -0.390 e. The zero-order valence-electron chi connectivity index (χ0n) is 19.0. The number of likely N-dealkylation sites (tertiary alicyclic amines) is 1. The van der Waals surface area contributed by atoms with Crippen LogP contribution in [0.25, 0.3) is 10.8 Å². The average molecular weight is 424 g/mol. The molecule has 0 aromatic heterocycles. The lowest BCUT2D eigenvalue weighted by Gasteiger charge is -2.43. The number of carbonyl (C=O) groups is 2. The third kappa shape index (κ3) is 4.06. The molecular weight excluding hydrogens is 390 g/mol. The summed E-state index contributed by atoms with van der Waals surface area (Å²) in [5, 5.41) is 12.4. The number of fused-ring (bicyclic) bond motifs is 1. The number of carbonyl (C=O) groups excluding carboxylic acids is 2. The number of hydrogen-bond acceptors (Lipinski definition) is 4. The Labute approximate surface area is 184 Å². The molecule has 2 aliphatic heterocycles. The topological polar surface area (TPSA) is 64.1 Å². The fraction of sp³-hybridized carbons (Fsp3) is 0.520.